The lowest BCUT2D eigenvalue weighted by Gasteiger charge is -2.50. The first kappa shape index (κ1) is 53.4. The summed E-state index contributed by atoms with van der Waals surface area (Å²) in [6, 6.07) is -4.77. The SMILES string of the molecule is CC(=O)N[C@@H]1[C@@H](O[C@@H]2O[C@H](CO)[C@H](O)[C@H](O[C@@H]3O[C@H](CO)[C@@H](O)[C@H](O[C@@H]4O[C@H](CO)[C@H](O)[C@H](O)[C@H]4O)[C@H]3NC(C)=O)[C@H]2O)[C@@H](O)[C@@H](CO[C@@H]2O[C@H](CO)[C@@H](O)[C@H](O)[C@H]2NC(C)=O)O[C@H]1O. The van der Waals surface area contributed by atoms with Gasteiger partial charge in [0.1, 0.15) is 122 Å². The summed E-state index contributed by atoms with van der Waals surface area (Å²) in [5.74, 6) is -2.27. The second-order valence-corrected chi connectivity index (χ2v) is 16.2. The Morgan fingerprint density at radius 1 is 0.400 bits per heavy atom. The van der Waals surface area contributed by atoms with E-state index < -0.39 is 204 Å². The Labute approximate surface area is 369 Å². The van der Waals surface area contributed by atoms with Gasteiger partial charge in [-0.05, 0) is 0 Å². The molecule has 25 atom stereocenters. The van der Waals surface area contributed by atoms with Gasteiger partial charge in [0.2, 0.25) is 17.7 Å². The number of aliphatic hydroxyl groups is 14. The third-order valence-electron chi connectivity index (χ3n) is 11.5. The van der Waals surface area contributed by atoms with Gasteiger partial charge in [-0.1, -0.05) is 0 Å². The third-order valence-corrected chi connectivity index (χ3v) is 11.5. The van der Waals surface area contributed by atoms with Crippen LogP contribution in [-0.2, 0) is 57.0 Å². The van der Waals surface area contributed by atoms with E-state index in [4.69, 9.17) is 42.6 Å². The van der Waals surface area contributed by atoms with Crippen LogP contribution in [0.1, 0.15) is 20.8 Å². The van der Waals surface area contributed by atoms with Crippen LogP contribution in [0.4, 0.5) is 0 Å². The molecule has 0 aromatic rings. The minimum absolute atomic E-state index is 0.677. The number of carbonyl (C=O) groups excluding carboxylic acids is 3. The molecule has 5 rings (SSSR count). The zero-order valence-corrected chi connectivity index (χ0v) is 35.1. The molecule has 0 aliphatic carbocycles. The van der Waals surface area contributed by atoms with Crippen molar-refractivity contribution in [1.29, 1.82) is 0 Å². The van der Waals surface area contributed by atoms with Crippen molar-refractivity contribution >= 4 is 17.7 Å². The molecule has 0 saturated carbocycles. The molecule has 29 heteroatoms. The van der Waals surface area contributed by atoms with Crippen LogP contribution in [0.25, 0.3) is 0 Å². The molecule has 0 spiro atoms. The Morgan fingerprint density at radius 2 is 0.785 bits per heavy atom. The average molecular weight is 952 g/mol. The van der Waals surface area contributed by atoms with E-state index in [2.05, 4.69) is 16.0 Å². The molecule has 5 saturated heterocycles. The average Bonchev–Trinajstić information content (AvgIpc) is 3.25. The monoisotopic (exact) mass is 951 g/mol. The van der Waals surface area contributed by atoms with Crippen LogP contribution in [0.2, 0.25) is 0 Å². The topological polar surface area (TPSA) is 454 Å². The van der Waals surface area contributed by atoms with E-state index >= 15 is 0 Å². The Morgan fingerprint density at radius 3 is 1.31 bits per heavy atom. The van der Waals surface area contributed by atoms with Gasteiger partial charge in [-0.2, -0.15) is 0 Å². The highest BCUT2D eigenvalue weighted by atomic mass is 16.8. The maximum atomic E-state index is 12.5. The number of nitrogens with one attached hydrogen (secondary N) is 3. The fourth-order valence-corrected chi connectivity index (χ4v) is 8.13. The molecular formula is C36H61N3O26. The molecule has 29 nitrogen and oxygen atoms in total. The predicted molar refractivity (Wildman–Crippen MR) is 201 cm³/mol. The van der Waals surface area contributed by atoms with E-state index in [1.807, 2.05) is 0 Å². The molecule has 0 aromatic heterocycles. The fraction of sp³-hybridized carbons (Fsp3) is 0.917. The lowest BCUT2D eigenvalue weighted by molar-refractivity contribution is -0.375. The zero-order valence-electron chi connectivity index (χ0n) is 35.1. The second kappa shape index (κ2) is 23.2. The van der Waals surface area contributed by atoms with Crippen molar-refractivity contribution in [2.24, 2.45) is 0 Å². The predicted octanol–water partition coefficient (Wildman–Crippen LogP) is -11.5. The minimum atomic E-state index is -2.18. The quantitative estimate of drug-likeness (QED) is 0.0683. The summed E-state index contributed by atoms with van der Waals surface area (Å²) in [5, 5.41) is 156. The first-order chi connectivity index (χ1) is 30.7. The summed E-state index contributed by atoms with van der Waals surface area (Å²) in [4.78, 5) is 36.7. The van der Waals surface area contributed by atoms with Gasteiger partial charge in [0.25, 0.3) is 0 Å². The highest BCUT2D eigenvalue weighted by molar-refractivity contribution is 5.74. The van der Waals surface area contributed by atoms with Crippen molar-refractivity contribution in [1.82, 2.24) is 16.0 Å². The molecule has 376 valence electrons. The van der Waals surface area contributed by atoms with Crippen LogP contribution in [0, 0.1) is 0 Å². The zero-order chi connectivity index (χ0) is 48.2. The molecule has 0 bridgehead atoms. The number of carbonyl (C=O) groups is 3. The highest BCUT2D eigenvalue weighted by Gasteiger charge is 2.56. The Bertz CT molecular complexity index is 1560. The second-order valence-electron chi connectivity index (χ2n) is 16.2. The van der Waals surface area contributed by atoms with Crippen LogP contribution in [0.5, 0.6) is 0 Å². The van der Waals surface area contributed by atoms with Gasteiger partial charge in [-0.3, -0.25) is 14.4 Å². The number of ether oxygens (including phenoxy) is 9. The van der Waals surface area contributed by atoms with E-state index in [1.54, 1.807) is 0 Å². The van der Waals surface area contributed by atoms with Crippen molar-refractivity contribution in [3.05, 3.63) is 0 Å². The lowest BCUT2D eigenvalue weighted by Crippen LogP contribution is -2.70. The first-order valence-corrected chi connectivity index (χ1v) is 20.6. The molecule has 0 aromatic carbocycles. The molecule has 5 heterocycles. The maximum Gasteiger partial charge on any atom is 0.217 e. The molecule has 5 fully saturated rings. The maximum absolute atomic E-state index is 12.5. The fourth-order valence-electron chi connectivity index (χ4n) is 8.13. The number of hydrogen-bond donors (Lipinski definition) is 17. The lowest BCUT2D eigenvalue weighted by atomic mass is 9.94. The summed E-state index contributed by atoms with van der Waals surface area (Å²) in [5.41, 5.74) is 0. The molecular weight excluding hydrogens is 890 g/mol. The third kappa shape index (κ3) is 12.0. The van der Waals surface area contributed by atoms with Crippen LogP contribution >= 0.6 is 0 Å². The number of aliphatic hydroxyl groups excluding tert-OH is 14. The van der Waals surface area contributed by atoms with Gasteiger partial charge in [-0.15, -0.1) is 0 Å². The van der Waals surface area contributed by atoms with Crippen molar-refractivity contribution < 1.29 is 129 Å². The van der Waals surface area contributed by atoms with Crippen molar-refractivity contribution in [2.45, 2.75) is 174 Å². The molecule has 0 radical (unpaired) electrons. The molecule has 17 N–H and O–H groups in total. The molecule has 0 unspecified atom stereocenters. The van der Waals surface area contributed by atoms with Gasteiger partial charge in [-0.25, -0.2) is 0 Å². The van der Waals surface area contributed by atoms with E-state index in [0.717, 1.165) is 20.8 Å². The largest absolute Gasteiger partial charge is 0.394 e. The number of amides is 3. The van der Waals surface area contributed by atoms with E-state index in [1.165, 1.54) is 0 Å². The van der Waals surface area contributed by atoms with Gasteiger partial charge in [0, 0.05) is 20.8 Å². The van der Waals surface area contributed by atoms with E-state index in [9.17, 15) is 85.9 Å². The van der Waals surface area contributed by atoms with Crippen molar-refractivity contribution in [3.63, 3.8) is 0 Å². The molecule has 5 aliphatic heterocycles. The first-order valence-electron chi connectivity index (χ1n) is 20.6. The molecule has 3 amide bonds. The normalized spacial score (nSPS) is 47.1. The van der Waals surface area contributed by atoms with Gasteiger partial charge >= 0.3 is 0 Å². The van der Waals surface area contributed by atoms with Gasteiger partial charge in [0.15, 0.2) is 31.5 Å². The number of hydrogen-bond acceptors (Lipinski definition) is 26. The highest BCUT2D eigenvalue weighted by Crippen LogP contribution is 2.35. The Hall–Kier alpha value is -2.51. The number of rotatable bonds is 16. The van der Waals surface area contributed by atoms with Crippen LogP contribution in [-0.4, -0.2) is 276 Å². The van der Waals surface area contributed by atoms with Crippen LogP contribution < -0.4 is 16.0 Å². The summed E-state index contributed by atoms with van der Waals surface area (Å²) in [7, 11) is 0. The van der Waals surface area contributed by atoms with Gasteiger partial charge in [0.05, 0.1) is 33.0 Å². The Balaban J connectivity index is 1.40. The summed E-state index contributed by atoms with van der Waals surface area (Å²) >= 11 is 0. The minimum Gasteiger partial charge on any atom is -0.394 e. The van der Waals surface area contributed by atoms with Gasteiger partial charge < -0.3 is 130 Å². The van der Waals surface area contributed by atoms with Crippen LogP contribution in [0.15, 0.2) is 0 Å². The van der Waals surface area contributed by atoms with Crippen LogP contribution in [0.3, 0.4) is 0 Å². The summed E-state index contributed by atoms with van der Waals surface area (Å²) in [6.45, 7) is -1.19. The van der Waals surface area contributed by atoms with E-state index in [-0.39, 0.29) is 0 Å². The standard InChI is InChI=1S/C36H61N3O26/c1-9(44)37-17-25(52)20(47)12(4-40)59-33(17)57-8-16-24(51)29(18(32(56)58-16)38-10(2)45)63-36-28(55)31(23(50)15(7-43)62-36)65-34-19(39-11(3)46)30(22(49)14(6-42)60-34)64-35-27(54)26(53)21(48)13(5-41)61-35/h12-36,40-43,47-56H,4-8H2,1-3H3,(H,37,44)(H,38,45)(H,39,46)/t12-,13-,14-,15-,16-,17-,18-,19-,20-,21+,22-,23+,24+,25-,26+,27-,28-,29-,30-,31+,32-,33-,34+,35+,36+/m1/s1. The van der Waals surface area contributed by atoms with Crippen molar-refractivity contribution in [2.75, 3.05) is 33.0 Å². The molecule has 65 heavy (non-hydrogen) atoms. The molecule has 5 aliphatic rings. The van der Waals surface area contributed by atoms with E-state index in [0.29, 0.717) is 0 Å². The summed E-state index contributed by atoms with van der Waals surface area (Å²) < 4.78 is 51.3. The Kier molecular flexibility index (Phi) is 19.1. The van der Waals surface area contributed by atoms with Crippen molar-refractivity contribution in [3.8, 4) is 0 Å². The summed E-state index contributed by atoms with van der Waals surface area (Å²) in [6.07, 6.45) is -40.1. The smallest absolute Gasteiger partial charge is 0.217 e.